The predicted octanol–water partition coefficient (Wildman–Crippen LogP) is 2.04. The maximum Gasteiger partial charge on any atom is 0.168 e. The van der Waals surface area contributed by atoms with Crippen LogP contribution in [0.4, 0.5) is 0 Å². The monoisotopic (exact) mass is 304 g/mol. The van der Waals surface area contributed by atoms with Crippen molar-refractivity contribution >= 4 is 0 Å². The number of hydrogen-bond acceptors (Lipinski definition) is 5. The molecule has 2 aliphatic rings. The highest BCUT2D eigenvalue weighted by molar-refractivity contribution is 4.97. The number of tetrazole rings is 1. The SMILES string of the molecule is C=CCN1CCN([C@@H](CC)c2nnnn2C2CCCC2)CC1. The summed E-state index contributed by atoms with van der Waals surface area (Å²) < 4.78 is 2.12. The van der Waals surface area contributed by atoms with Gasteiger partial charge >= 0.3 is 0 Å². The maximum atomic E-state index is 4.39. The van der Waals surface area contributed by atoms with Crippen LogP contribution >= 0.6 is 0 Å². The smallest absolute Gasteiger partial charge is 0.168 e. The van der Waals surface area contributed by atoms with Crippen LogP contribution < -0.4 is 0 Å². The van der Waals surface area contributed by atoms with E-state index in [9.17, 15) is 0 Å². The Labute approximate surface area is 133 Å². The normalized spacial score (nSPS) is 23.0. The van der Waals surface area contributed by atoms with Gasteiger partial charge < -0.3 is 0 Å². The molecule has 1 aromatic heterocycles. The average molecular weight is 304 g/mol. The first-order valence-electron chi connectivity index (χ1n) is 8.68. The minimum absolute atomic E-state index is 0.349. The fourth-order valence-electron chi connectivity index (χ4n) is 3.87. The Morgan fingerprint density at radius 2 is 1.95 bits per heavy atom. The van der Waals surface area contributed by atoms with Gasteiger partial charge in [0, 0.05) is 32.7 Å². The Morgan fingerprint density at radius 1 is 1.23 bits per heavy atom. The van der Waals surface area contributed by atoms with Crippen LogP contribution in [-0.4, -0.2) is 62.7 Å². The Morgan fingerprint density at radius 3 is 2.59 bits per heavy atom. The lowest BCUT2D eigenvalue weighted by Gasteiger charge is -2.38. The highest BCUT2D eigenvalue weighted by Crippen LogP contribution is 2.32. The topological polar surface area (TPSA) is 50.1 Å². The molecule has 0 amide bonds. The summed E-state index contributed by atoms with van der Waals surface area (Å²) in [4.78, 5) is 5.01. The molecule has 0 radical (unpaired) electrons. The molecular weight excluding hydrogens is 276 g/mol. The van der Waals surface area contributed by atoms with Crippen LogP contribution in [0.1, 0.15) is 56.9 Å². The van der Waals surface area contributed by atoms with Gasteiger partial charge in [-0.2, -0.15) is 0 Å². The quantitative estimate of drug-likeness (QED) is 0.753. The molecule has 1 aliphatic carbocycles. The van der Waals surface area contributed by atoms with Gasteiger partial charge in [-0.25, -0.2) is 4.68 Å². The van der Waals surface area contributed by atoms with E-state index in [2.05, 4.69) is 43.5 Å². The zero-order valence-corrected chi connectivity index (χ0v) is 13.7. The highest BCUT2D eigenvalue weighted by atomic mass is 15.6. The fourth-order valence-corrected chi connectivity index (χ4v) is 3.87. The minimum atomic E-state index is 0.349. The van der Waals surface area contributed by atoms with Crippen LogP contribution in [0, 0.1) is 0 Å². The van der Waals surface area contributed by atoms with Crippen molar-refractivity contribution in [3.8, 4) is 0 Å². The Balaban J connectivity index is 1.69. The first kappa shape index (κ1) is 15.6. The Hall–Kier alpha value is -1.27. The lowest BCUT2D eigenvalue weighted by atomic mass is 10.1. The van der Waals surface area contributed by atoms with Crippen molar-refractivity contribution in [2.24, 2.45) is 0 Å². The van der Waals surface area contributed by atoms with E-state index in [0.717, 1.165) is 45.0 Å². The van der Waals surface area contributed by atoms with E-state index in [1.54, 1.807) is 0 Å². The van der Waals surface area contributed by atoms with Crippen molar-refractivity contribution in [3.63, 3.8) is 0 Å². The van der Waals surface area contributed by atoms with Gasteiger partial charge in [0.25, 0.3) is 0 Å². The molecule has 0 aromatic carbocycles. The molecule has 1 atom stereocenters. The van der Waals surface area contributed by atoms with Gasteiger partial charge in [0.1, 0.15) is 0 Å². The van der Waals surface area contributed by atoms with Crippen molar-refractivity contribution < 1.29 is 0 Å². The number of aromatic nitrogens is 4. The second-order valence-electron chi connectivity index (χ2n) is 6.47. The van der Waals surface area contributed by atoms with E-state index in [-0.39, 0.29) is 0 Å². The standard InChI is InChI=1S/C16H28N6/c1-3-9-20-10-12-21(13-11-20)15(4-2)16-17-18-19-22(16)14-7-5-6-8-14/h3,14-15H,1,4-13H2,2H3/t15-/m0/s1. The summed E-state index contributed by atoms with van der Waals surface area (Å²) in [5, 5.41) is 12.7. The molecule has 0 bridgehead atoms. The molecule has 2 heterocycles. The van der Waals surface area contributed by atoms with Crippen molar-refractivity contribution in [1.29, 1.82) is 0 Å². The van der Waals surface area contributed by atoms with E-state index >= 15 is 0 Å². The average Bonchev–Trinajstić information content (AvgIpc) is 3.20. The summed E-state index contributed by atoms with van der Waals surface area (Å²) in [5.74, 6) is 1.08. The van der Waals surface area contributed by atoms with Gasteiger partial charge in [-0.05, 0) is 29.7 Å². The van der Waals surface area contributed by atoms with Gasteiger partial charge in [0.2, 0.25) is 0 Å². The predicted molar refractivity (Wildman–Crippen MR) is 86.6 cm³/mol. The molecule has 0 spiro atoms. The fraction of sp³-hybridized carbons (Fsp3) is 0.812. The van der Waals surface area contributed by atoms with E-state index in [4.69, 9.17) is 0 Å². The van der Waals surface area contributed by atoms with Gasteiger partial charge in [0.15, 0.2) is 5.82 Å². The largest absolute Gasteiger partial charge is 0.297 e. The maximum absolute atomic E-state index is 4.39. The number of hydrogen-bond donors (Lipinski definition) is 0. The van der Waals surface area contributed by atoms with E-state index in [1.807, 2.05) is 6.08 Å². The molecule has 1 aliphatic heterocycles. The van der Waals surface area contributed by atoms with Gasteiger partial charge in [-0.3, -0.25) is 9.80 Å². The zero-order chi connectivity index (χ0) is 15.4. The number of piperazine rings is 1. The van der Waals surface area contributed by atoms with Crippen LogP contribution in [0.5, 0.6) is 0 Å². The van der Waals surface area contributed by atoms with E-state index in [0.29, 0.717) is 12.1 Å². The lowest BCUT2D eigenvalue weighted by Crippen LogP contribution is -2.48. The Bertz CT molecular complexity index is 471. The highest BCUT2D eigenvalue weighted by Gasteiger charge is 2.30. The second kappa shape index (κ2) is 7.33. The summed E-state index contributed by atoms with van der Waals surface area (Å²) in [6, 6.07) is 0.864. The molecule has 1 saturated carbocycles. The van der Waals surface area contributed by atoms with Crippen LogP contribution in [0.2, 0.25) is 0 Å². The molecule has 1 saturated heterocycles. The van der Waals surface area contributed by atoms with Crippen molar-refractivity contribution in [1.82, 2.24) is 30.0 Å². The van der Waals surface area contributed by atoms with Gasteiger partial charge in [-0.1, -0.05) is 25.8 Å². The Kier molecular flexibility index (Phi) is 5.20. The van der Waals surface area contributed by atoms with E-state index in [1.165, 1.54) is 25.7 Å². The molecule has 122 valence electrons. The molecular formula is C16H28N6. The molecule has 3 rings (SSSR count). The number of nitrogens with zero attached hydrogens (tertiary/aromatic N) is 6. The third kappa shape index (κ3) is 3.22. The summed E-state index contributed by atoms with van der Waals surface area (Å²) in [5.41, 5.74) is 0. The molecule has 6 nitrogen and oxygen atoms in total. The van der Waals surface area contributed by atoms with Gasteiger partial charge in [0.05, 0.1) is 12.1 Å². The van der Waals surface area contributed by atoms with Crippen molar-refractivity contribution in [3.05, 3.63) is 18.5 Å². The van der Waals surface area contributed by atoms with Crippen LogP contribution in [-0.2, 0) is 0 Å². The summed E-state index contributed by atoms with van der Waals surface area (Å²) >= 11 is 0. The zero-order valence-electron chi connectivity index (χ0n) is 13.7. The molecule has 6 heteroatoms. The lowest BCUT2D eigenvalue weighted by molar-refractivity contribution is 0.0937. The first-order valence-corrected chi connectivity index (χ1v) is 8.68. The molecule has 2 fully saturated rings. The molecule has 0 unspecified atom stereocenters. The molecule has 0 N–H and O–H groups in total. The van der Waals surface area contributed by atoms with Crippen LogP contribution in [0.15, 0.2) is 12.7 Å². The third-order valence-electron chi connectivity index (χ3n) is 5.11. The first-order chi connectivity index (χ1) is 10.8. The third-order valence-corrected chi connectivity index (χ3v) is 5.11. The summed E-state index contributed by atoms with van der Waals surface area (Å²) in [6.07, 6.45) is 8.12. The molecule has 1 aromatic rings. The van der Waals surface area contributed by atoms with Gasteiger partial charge in [-0.15, -0.1) is 11.7 Å². The van der Waals surface area contributed by atoms with Crippen LogP contribution in [0.25, 0.3) is 0 Å². The number of rotatable bonds is 6. The molecule has 22 heavy (non-hydrogen) atoms. The van der Waals surface area contributed by atoms with Crippen molar-refractivity contribution in [2.75, 3.05) is 32.7 Å². The van der Waals surface area contributed by atoms with Crippen LogP contribution in [0.3, 0.4) is 0 Å². The summed E-state index contributed by atoms with van der Waals surface area (Å²) in [7, 11) is 0. The summed E-state index contributed by atoms with van der Waals surface area (Å²) in [6.45, 7) is 11.5. The minimum Gasteiger partial charge on any atom is -0.297 e. The van der Waals surface area contributed by atoms with E-state index < -0.39 is 0 Å². The second-order valence-corrected chi connectivity index (χ2v) is 6.47. The van der Waals surface area contributed by atoms with Crippen molar-refractivity contribution in [2.45, 2.75) is 51.1 Å².